The van der Waals surface area contributed by atoms with Gasteiger partial charge in [0.25, 0.3) is 5.91 Å². The van der Waals surface area contributed by atoms with Gasteiger partial charge in [-0.05, 0) is 35.9 Å². The number of amides is 1. The number of esters is 1. The second kappa shape index (κ2) is 7.83. The fourth-order valence-electron chi connectivity index (χ4n) is 3.40. The highest BCUT2D eigenvalue weighted by Gasteiger charge is 2.55. The van der Waals surface area contributed by atoms with Gasteiger partial charge in [0.05, 0.1) is 27.8 Å². The first kappa shape index (κ1) is 20.0. The van der Waals surface area contributed by atoms with Crippen LogP contribution in [0.2, 0.25) is 10.0 Å². The second-order valence-corrected chi connectivity index (χ2v) is 7.52. The van der Waals surface area contributed by atoms with E-state index in [1.54, 1.807) is 72.8 Å². The largest absolute Gasteiger partial charge is 0.426 e. The summed E-state index contributed by atoms with van der Waals surface area (Å²) in [7, 11) is 0. The van der Waals surface area contributed by atoms with Gasteiger partial charge in [-0.1, -0.05) is 65.7 Å². The maximum absolute atomic E-state index is 13.4. The van der Waals surface area contributed by atoms with Gasteiger partial charge in [-0.15, -0.1) is 0 Å². The van der Waals surface area contributed by atoms with E-state index in [4.69, 9.17) is 27.9 Å². The minimum absolute atomic E-state index is 0.138. The third kappa shape index (κ3) is 3.30. The van der Waals surface area contributed by atoms with Gasteiger partial charge in [-0.2, -0.15) is 5.26 Å². The van der Waals surface area contributed by atoms with Crippen molar-refractivity contribution in [2.24, 2.45) is 0 Å². The predicted molar refractivity (Wildman–Crippen MR) is 113 cm³/mol. The summed E-state index contributed by atoms with van der Waals surface area (Å²) in [6.07, 6.45) is 0. The van der Waals surface area contributed by atoms with E-state index in [0.29, 0.717) is 21.3 Å². The van der Waals surface area contributed by atoms with E-state index in [9.17, 15) is 14.9 Å². The molecule has 0 saturated heterocycles. The minimum Gasteiger partial charge on any atom is -0.426 e. The molecule has 148 valence electrons. The molecule has 3 aromatic rings. The number of halogens is 2. The molecule has 1 aliphatic rings. The molecule has 0 spiro atoms. The van der Waals surface area contributed by atoms with Crippen LogP contribution in [0.3, 0.4) is 0 Å². The number of ether oxygens (including phenoxy) is 1. The highest BCUT2D eigenvalue weighted by Crippen LogP contribution is 2.43. The molecule has 0 N–H and O–H groups in total. The van der Waals surface area contributed by atoms with Gasteiger partial charge in [0.2, 0.25) is 0 Å². The molecule has 7 heteroatoms. The van der Waals surface area contributed by atoms with Crippen LogP contribution in [0.15, 0.2) is 72.8 Å². The van der Waals surface area contributed by atoms with Gasteiger partial charge in [-0.3, -0.25) is 4.79 Å². The zero-order chi connectivity index (χ0) is 21.3. The monoisotopic (exact) mass is 436 g/mol. The number of rotatable bonds is 4. The lowest BCUT2D eigenvalue weighted by Gasteiger charge is -2.22. The number of carbonyl (C=O) groups excluding carboxylic acids is 2. The number of para-hydroxylation sites is 1. The number of benzene rings is 3. The van der Waals surface area contributed by atoms with Crippen LogP contribution in [0.1, 0.15) is 21.5 Å². The average molecular weight is 437 g/mol. The molecule has 5 nitrogen and oxygen atoms in total. The molecule has 30 heavy (non-hydrogen) atoms. The molecule has 1 aliphatic heterocycles. The first-order valence-corrected chi connectivity index (χ1v) is 9.77. The van der Waals surface area contributed by atoms with Crippen molar-refractivity contribution in [2.45, 2.75) is 12.1 Å². The fraction of sp³-hybridized carbons (Fsp3) is 0.0870. The summed E-state index contributed by atoms with van der Waals surface area (Å²) in [6.45, 7) is 0.138. The summed E-state index contributed by atoms with van der Waals surface area (Å²) in [5.74, 6) is -1.39. The lowest BCUT2D eigenvalue weighted by molar-refractivity contribution is -0.132. The van der Waals surface area contributed by atoms with Crippen LogP contribution < -0.4 is 4.90 Å². The SMILES string of the molecule is N#CC1(OC(=O)c2ccccc2)C(=O)N(Cc2ccc(Cl)c(Cl)c2)c2ccccc21. The van der Waals surface area contributed by atoms with E-state index in [-0.39, 0.29) is 12.1 Å². The van der Waals surface area contributed by atoms with Gasteiger partial charge in [0.15, 0.2) is 0 Å². The number of nitriles is 1. The van der Waals surface area contributed by atoms with Gasteiger partial charge in [0, 0.05) is 5.56 Å². The van der Waals surface area contributed by atoms with Gasteiger partial charge in [-0.25, -0.2) is 4.79 Å². The van der Waals surface area contributed by atoms with Gasteiger partial charge in [0.1, 0.15) is 6.07 Å². The summed E-state index contributed by atoms with van der Waals surface area (Å²) < 4.78 is 5.55. The number of fused-ring (bicyclic) bond motifs is 1. The van der Waals surface area contributed by atoms with Gasteiger partial charge < -0.3 is 9.64 Å². The molecule has 1 amide bonds. The van der Waals surface area contributed by atoms with Crippen LogP contribution >= 0.6 is 23.2 Å². The maximum atomic E-state index is 13.4. The topological polar surface area (TPSA) is 70.4 Å². The lowest BCUT2D eigenvalue weighted by Crippen LogP contribution is -2.42. The van der Waals surface area contributed by atoms with Gasteiger partial charge >= 0.3 is 11.6 Å². The molecule has 3 aromatic carbocycles. The second-order valence-electron chi connectivity index (χ2n) is 6.71. The van der Waals surface area contributed by atoms with Crippen LogP contribution in [-0.2, 0) is 21.7 Å². The molecular weight excluding hydrogens is 423 g/mol. The van der Waals surface area contributed by atoms with Crippen molar-refractivity contribution < 1.29 is 14.3 Å². The third-order valence-corrected chi connectivity index (χ3v) is 5.60. The Morgan fingerprint density at radius 3 is 2.40 bits per heavy atom. The molecule has 0 saturated carbocycles. The summed E-state index contributed by atoms with van der Waals surface area (Å²) in [6, 6.07) is 22.0. The Kier molecular flexibility index (Phi) is 5.21. The number of nitrogens with zero attached hydrogens (tertiary/aromatic N) is 2. The summed E-state index contributed by atoms with van der Waals surface area (Å²) >= 11 is 12.1. The Hall–Kier alpha value is -3.33. The van der Waals surface area contributed by atoms with Crippen LogP contribution in [0, 0.1) is 11.3 Å². The smallest absolute Gasteiger partial charge is 0.340 e. The van der Waals surface area contributed by atoms with Crippen LogP contribution in [0.25, 0.3) is 0 Å². The van der Waals surface area contributed by atoms with E-state index in [0.717, 1.165) is 5.56 Å². The third-order valence-electron chi connectivity index (χ3n) is 4.86. The maximum Gasteiger partial charge on any atom is 0.340 e. The number of hydrogen-bond acceptors (Lipinski definition) is 4. The minimum atomic E-state index is -2.07. The van der Waals surface area contributed by atoms with Crippen LogP contribution in [0.4, 0.5) is 5.69 Å². The van der Waals surface area contributed by atoms with Crippen molar-refractivity contribution in [3.63, 3.8) is 0 Å². The quantitative estimate of drug-likeness (QED) is 0.532. The van der Waals surface area contributed by atoms with Crippen molar-refractivity contribution in [3.8, 4) is 6.07 Å². The number of carbonyl (C=O) groups is 2. The highest BCUT2D eigenvalue weighted by molar-refractivity contribution is 6.42. The molecule has 0 fully saturated rings. The zero-order valence-electron chi connectivity index (χ0n) is 15.5. The first-order valence-electron chi connectivity index (χ1n) is 9.01. The standard InChI is InChI=1S/C23H14Cl2N2O3/c24-18-11-10-15(12-19(18)25)13-27-20-9-5-4-8-17(20)23(14-26,22(27)29)30-21(28)16-6-2-1-3-7-16/h1-12H,13H2. The lowest BCUT2D eigenvalue weighted by atomic mass is 9.96. The zero-order valence-corrected chi connectivity index (χ0v) is 17.0. The van der Waals surface area contributed by atoms with Crippen molar-refractivity contribution in [1.82, 2.24) is 0 Å². The Balaban J connectivity index is 1.73. The van der Waals surface area contributed by atoms with E-state index in [1.807, 2.05) is 6.07 Å². The van der Waals surface area contributed by atoms with E-state index < -0.39 is 17.5 Å². The average Bonchev–Trinajstić information content (AvgIpc) is 3.00. The van der Waals surface area contributed by atoms with Crippen molar-refractivity contribution in [3.05, 3.63) is 99.5 Å². The van der Waals surface area contributed by atoms with Crippen molar-refractivity contribution >= 4 is 40.8 Å². The normalized spacial score (nSPS) is 17.4. The Morgan fingerprint density at radius 1 is 1.00 bits per heavy atom. The molecular formula is C23H14Cl2N2O3. The molecule has 1 heterocycles. The molecule has 0 aromatic heterocycles. The van der Waals surface area contributed by atoms with E-state index in [1.165, 1.54) is 4.90 Å². The molecule has 1 unspecified atom stereocenters. The molecule has 0 radical (unpaired) electrons. The summed E-state index contributed by atoms with van der Waals surface area (Å²) in [5, 5.41) is 10.7. The highest BCUT2D eigenvalue weighted by atomic mass is 35.5. The Morgan fingerprint density at radius 2 is 1.70 bits per heavy atom. The van der Waals surface area contributed by atoms with Crippen molar-refractivity contribution in [1.29, 1.82) is 5.26 Å². The summed E-state index contributed by atoms with van der Waals surface area (Å²) in [4.78, 5) is 27.5. The number of hydrogen-bond donors (Lipinski definition) is 0. The first-order chi connectivity index (χ1) is 14.5. The number of anilines is 1. The van der Waals surface area contributed by atoms with E-state index in [2.05, 4.69) is 0 Å². The molecule has 4 rings (SSSR count). The molecule has 1 atom stereocenters. The Labute approximate surface area is 183 Å². The molecule has 0 aliphatic carbocycles. The predicted octanol–water partition coefficient (Wildman–Crippen LogP) is 5.12. The Bertz CT molecular complexity index is 1190. The molecule has 0 bridgehead atoms. The summed E-state index contributed by atoms with van der Waals surface area (Å²) in [5.41, 5.74) is -0.284. The van der Waals surface area contributed by atoms with Crippen LogP contribution in [-0.4, -0.2) is 11.9 Å². The fourth-order valence-corrected chi connectivity index (χ4v) is 3.72. The van der Waals surface area contributed by atoms with Crippen molar-refractivity contribution in [2.75, 3.05) is 4.90 Å². The van der Waals surface area contributed by atoms with E-state index >= 15 is 0 Å². The van der Waals surface area contributed by atoms with Crippen LogP contribution in [0.5, 0.6) is 0 Å².